The van der Waals surface area contributed by atoms with Crippen LogP contribution in [0.2, 0.25) is 5.02 Å². The van der Waals surface area contributed by atoms with Crippen LogP contribution in [0.1, 0.15) is 22.5 Å². The van der Waals surface area contributed by atoms with Crippen molar-refractivity contribution in [1.82, 2.24) is 14.8 Å². The van der Waals surface area contributed by atoms with Gasteiger partial charge in [-0.3, -0.25) is 4.57 Å². The van der Waals surface area contributed by atoms with Gasteiger partial charge in [0.1, 0.15) is 23.2 Å². The molecule has 1 aliphatic rings. The fourth-order valence-electron chi connectivity index (χ4n) is 3.64. The maximum atomic E-state index is 14.4. The third-order valence-electron chi connectivity index (χ3n) is 5.10. The van der Waals surface area contributed by atoms with Crippen molar-refractivity contribution in [2.45, 2.75) is 13.5 Å². The SMILES string of the molecule is Cc1nnc2n1-c1ccccc1C(c1ccc(Cl)cc1)=NN2Cc1cc(F)ccc1F. The number of hydrogen-bond acceptors (Lipinski definition) is 4. The molecule has 0 unspecified atom stereocenters. The number of fused-ring (bicyclic) bond motifs is 3. The lowest BCUT2D eigenvalue weighted by Gasteiger charge is -2.18. The maximum Gasteiger partial charge on any atom is 0.252 e. The van der Waals surface area contributed by atoms with E-state index >= 15 is 0 Å². The molecule has 154 valence electrons. The van der Waals surface area contributed by atoms with E-state index in [1.165, 1.54) is 6.07 Å². The number of halogens is 3. The van der Waals surface area contributed by atoms with E-state index in [1.807, 2.05) is 47.9 Å². The minimum absolute atomic E-state index is 0.0210. The van der Waals surface area contributed by atoms with Crippen LogP contribution < -0.4 is 5.01 Å². The summed E-state index contributed by atoms with van der Waals surface area (Å²) in [6.07, 6.45) is 0. The summed E-state index contributed by atoms with van der Waals surface area (Å²) in [6, 6.07) is 18.4. The Morgan fingerprint density at radius 1 is 0.935 bits per heavy atom. The molecule has 0 atom stereocenters. The highest BCUT2D eigenvalue weighted by Gasteiger charge is 2.27. The Morgan fingerprint density at radius 3 is 2.52 bits per heavy atom. The van der Waals surface area contributed by atoms with Crippen LogP contribution in [0.5, 0.6) is 0 Å². The van der Waals surface area contributed by atoms with Gasteiger partial charge in [0, 0.05) is 21.7 Å². The van der Waals surface area contributed by atoms with Crippen molar-refractivity contribution >= 4 is 23.3 Å². The van der Waals surface area contributed by atoms with Crippen LogP contribution in [0.15, 0.2) is 71.8 Å². The lowest BCUT2D eigenvalue weighted by molar-refractivity contribution is 0.580. The van der Waals surface area contributed by atoms with Gasteiger partial charge in [-0.2, -0.15) is 5.10 Å². The van der Waals surface area contributed by atoms with E-state index < -0.39 is 11.6 Å². The third kappa shape index (κ3) is 3.47. The smallest absolute Gasteiger partial charge is 0.252 e. The van der Waals surface area contributed by atoms with Crippen LogP contribution in [-0.2, 0) is 6.54 Å². The number of para-hydroxylation sites is 1. The zero-order chi connectivity index (χ0) is 21.5. The van der Waals surface area contributed by atoms with E-state index in [2.05, 4.69) is 10.2 Å². The van der Waals surface area contributed by atoms with Gasteiger partial charge >= 0.3 is 0 Å². The van der Waals surface area contributed by atoms with Gasteiger partial charge in [-0.15, -0.1) is 10.2 Å². The number of rotatable bonds is 3. The number of hydrogen-bond donors (Lipinski definition) is 0. The Labute approximate surface area is 182 Å². The molecular formula is C23H16ClF2N5. The molecule has 8 heteroatoms. The predicted molar refractivity (Wildman–Crippen MR) is 116 cm³/mol. The average Bonchev–Trinajstić information content (AvgIpc) is 3.09. The minimum atomic E-state index is -0.519. The second kappa shape index (κ2) is 7.59. The Bertz CT molecular complexity index is 1310. The number of aromatic nitrogens is 3. The zero-order valence-electron chi connectivity index (χ0n) is 16.4. The molecule has 0 saturated carbocycles. The largest absolute Gasteiger partial charge is 0.263 e. The molecule has 0 amide bonds. The minimum Gasteiger partial charge on any atom is -0.263 e. The van der Waals surface area contributed by atoms with Crippen molar-refractivity contribution in [2.24, 2.45) is 5.10 Å². The van der Waals surface area contributed by atoms with Gasteiger partial charge in [-0.25, -0.2) is 13.8 Å². The predicted octanol–water partition coefficient (Wildman–Crippen LogP) is 5.28. The number of anilines is 1. The van der Waals surface area contributed by atoms with Crippen molar-refractivity contribution in [3.8, 4) is 5.69 Å². The van der Waals surface area contributed by atoms with Gasteiger partial charge in [0.2, 0.25) is 0 Å². The van der Waals surface area contributed by atoms with Gasteiger partial charge < -0.3 is 0 Å². The summed E-state index contributed by atoms with van der Waals surface area (Å²) in [4.78, 5) is 0. The summed E-state index contributed by atoms with van der Waals surface area (Å²) in [6.45, 7) is 1.81. The van der Waals surface area contributed by atoms with Crippen LogP contribution in [0.3, 0.4) is 0 Å². The fourth-order valence-corrected chi connectivity index (χ4v) is 3.77. The second-order valence-electron chi connectivity index (χ2n) is 7.15. The average molecular weight is 436 g/mol. The zero-order valence-corrected chi connectivity index (χ0v) is 17.2. The Balaban J connectivity index is 1.73. The topological polar surface area (TPSA) is 46.3 Å². The molecule has 2 heterocycles. The monoisotopic (exact) mass is 435 g/mol. The summed E-state index contributed by atoms with van der Waals surface area (Å²) in [5.41, 5.74) is 3.36. The summed E-state index contributed by atoms with van der Waals surface area (Å²) < 4.78 is 30.1. The van der Waals surface area contributed by atoms with Crippen LogP contribution in [-0.4, -0.2) is 20.5 Å². The molecule has 0 N–H and O–H groups in total. The standard InChI is InChI=1S/C23H16ClF2N5/c1-14-27-28-23-30(13-16-12-18(25)10-11-20(16)26)29-22(15-6-8-17(24)9-7-15)19-4-2-3-5-21(19)31(14)23/h2-12H,13H2,1H3. The maximum absolute atomic E-state index is 14.4. The molecule has 1 aromatic heterocycles. The highest BCUT2D eigenvalue weighted by atomic mass is 35.5. The highest BCUT2D eigenvalue weighted by Crippen LogP contribution is 2.31. The van der Waals surface area contributed by atoms with Crippen LogP contribution in [0.4, 0.5) is 14.7 Å². The Morgan fingerprint density at radius 2 is 1.71 bits per heavy atom. The van der Waals surface area contributed by atoms with E-state index in [4.69, 9.17) is 16.7 Å². The van der Waals surface area contributed by atoms with E-state index in [-0.39, 0.29) is 12.1 Å². The van der Waals surface area contributed by atoms with Crippen molar-refractivity contribution in [1.29, 1.82) is 0 Å². The van der Waals surface area contributed by atoms with Crippen molar-refractivity contribution in [2.75, 3.05) is 5.01 Å². The normalized spacial score (nSPS) is 12.8. The molecule has 0 spiro atoms. The number of hydrazone groups is 1. The van der Waals surface area contributed by atoms with Gasteiger partial charge in [0.25, 0.3) is 5.95 Å². The van der Waals surface area contributed by atoms with E-state index in [0.717, 1.165) is 28.9 Å². The molecule has 5 rings (SSSR count). The van der Waals surface area contributed by atoms with Crippen LogP contribution in [0.25, 0.3) is 5.69 Å². The third-order valence-corrected chi connectivity index (χ3v) is 5.36. The first-order valence-corrected chi connectivity index (χ1v) is 9.97. The van der Waals surface area contributed by atoms with Crippen molar-refractivity contribution < 1.29 is 8.78 Å². The molecule has 0 fully saturated rings. The first-order chi connectivity index (χ1) is 15.0. The first-order valence-electron chi connectivity index (χ1n) is 9.59. The number of nitrogens with zero attached hydrogens (tertiary/aromatic N) is 5. The molecule has 0 radical (unpaired) electrons. The Hall–Kier alpha value is -3.58. The molecule has 5 nitrogen and oxygen atoms in total. The summed E-state index contributed by atoms with van der Waals surface area (Å²) in [5, 5.41) is 15.5. The van der Waals surface area contributed by atoms with Crippen molar-refractivity contribution in [3.05, 3.63) is 106 Å². The lowest BCUT2D eigenvalue weighted by atomic mass is 10.0. The molecule has 0 aliphatic carbocycles. The van der Waals surface area contributed by atoms with Gasteiger partial charge in [-0.1, -0.05) is 41.9 Å². The van der Waals surface area contributed by atoms with Gasteiger partial charge in [-0.05, 0) is 43.3 Å². The van der Waals surface area contributed by atoms with E-state index in [9.17, 15) is 8.78 Å². The van der Waals surface area contributed by atoms with Crippen molar-refractivity contribution in [3.63, 3.8) is 0 Å². The molecule has 31 heavy (non-hydrogen) atoms. The van der Waals surface area contributed by atoms with Gasteiger partial charge in [0.15, 0.2) is 0 Å². The first kappa shape index (κ1) is 19.4. The second-order valence-corrected chi connectivity index (χ2v) is 7.59. The quantitative estimate of drug-likeness (QED) is 0.440. The molecule has 3 aromatic carbocycles. The molecule has 4 aromatic rings. The van der Waals surface area contributed by atoms with Gasteiger partial charge in [0.05, 0.1) is 12.2 Å². The van der Waals surface area contributed by atoms with E-state index in [0.29, 0.717) is 22.5 Å². The number of benzene rings is 3. The van der Waals surface area contributed by atoms with Crippen LogP contribution >= 0.6 is 11.6 Å². The van der Waals surface area contributed by atoms with E-state index in [1.54, 1.807) is 17.1 Å². The number of aryl methyl sites for hydroxylation is 1. The highest BCUT2D eigenvalue weighted by molar-refractivity contribution is 6.30. The Kier molecular flexibility index (Phi) is 4.75. The summed E-state index contributed by atoms with van der Waals surface area (Å²) >= 11 is 6.08. The molecule has 0 bridgehead atoms. The summed E-state index contributed by atoms with van der Waals surface area (Å²) in [7, 11) is 0. The molecule has 0 saturated heterocycles. The molecular weight excluding hydrogens is 420 g/mol. The summed E-state index contributed by atoms with van der Waals surface area (Å²) in [5.74, 6) is 0.0283. The van der Waals surface area contributed by atoms with Crippen LogP contribution in [0, 0.1) is 18.6 Å². The fraction of sp³-hybridized carbons (Fsp3) is 0.0870. The molecule has 1 aliphatic heterocycles. The lowest BCUT2D eigenvalue weighted by Crippen LogP contribution is -2.21.